The zero-order valence-corrected chi connectivity index (χ0v) is 14.8. The van der Waals surface area contributed by atoms with Crippen molar-refractivity contribution in [3.63, 3.8) is 0 Å². The molecule has 2 rings (SSSR count). The normalized spacial score (nSPS) is 24.0. The monoisotopic (exact) mass is 300 g/mol. The average Bonchev–Trinajstić information content (AvgIpc) is 2.47. The fourth-order valence-electron chi connectivity index (χ4n) is 4.59. The Balaban J connectivity index is 2.35. The molecule has 1 aliphatic rings. The fourth-order valence-corrected chi connectivity index (χ4v) is 4.59. The van der Waals surface area contributed by atoms with Gasteiger partial charge in [-0.2, -0.15) is 0 Å². The molecule has 0 bridgehead atoms. The molecule has 0 heterocycles. The number of aldehydes is 1. The molecule has 0 aromatic heterocycles. The van der Waals surface area contributed by atoms with Crippen LogP contribution in [0.3, 0.4) is 0 Å². The molecule has 0 N–H and O–H groups in total. The van der Waals surface area contributed by atoms with Gasteiger partial charge in [-0.3, -0.25) is 0 Å². The average molecular weight is 300 g/mol. The van der Waals surface area contributed by atoms with Gasteiger partial charge in [0, 0.05) is 6.42 Å². The van der Waals surface area contributed by atoms with E-state index in [0.29, 0.717) is 11.8 Å². The highest BCUT2D eigenvalue weighted by molar-refractivity contribution is 5.49. The summed E-state index contributed by atoms with van der Waals surface area (Å²) in [4.78, 5) is 10.8. The lowest BCUT2D eigenvalue weighted by molar-refractivity contribution is -0.108. The zero-order chi connectivity index (χ0) is 16.2. The summed E-state index contributed by atoms with van der Waals surface area (Å²) >= 11 is 0. The van der Waals surface area contributed by atoms with Crippen molar-refractivity contribution >= 4 is 6.29 Å². The lowest BCUT2D eigenvalue weighted by atomic mass is 9.60. The summed E-state index contributed by atoms with van der Waals surface area (Å²) in [6, 6.07) is 8.90. The van der Waals surface area contributed by atoms with Crippen molar-refractivity contribution in [3.8, 4) is 0 Å². The van der Waals surface area contributed by atoms with Gasteiger partial charge in [-0.05, 0) is 54.1 Å². The van der Waals surface area contributed by atoms with Gasteiger partial charge >= 0.3 is 0 Å². The van der Waals surface area contributed by atoms with E-state index in [2.05, 4.69) is 52.0 Å². The Morgan fingerprint density at radius 2 is 1.86 bits per heavy atom. The SMILES string of the molecule is Cc1ccccc1C(C1CCCCC1CCC=O)C(C)(C)C. The third kappa shape index (κ3) is 4.00. The highest BCUT2D eigenvalue weighted by Gasteiger charge is 2.39. The van der Waals surface area contributed by atoms with Crippen molar-refractivity contribution in [2.45, 2.75) is 72.1 Å². The van der Waals surface area contributed by atoms with Crippen LogP contribution in [0.25, 0.3) is 0 Å². The van der Waals surface area contributed by atoms with Crippen LogP contribution in [0.15, 0.2) is 24.3 Å². The molecule has 0 amide bonds. The summed E-state index contributed by atoms with van der Waals surface area (Å²) in [6.45, 7) is 9.40. The summed E-state index contributed by atoms with van der Waals surface area (Å²) in [5.41, 5.74) is 3.20. The van der Waals surface area contributed by atoms with Gasteiger partial charge in [0.05, 0.1) is 0 Å². The molecule has 1 fully saturated rings. The third-order valence-corrected chi connectivity index (χ3v) is 5.51. The van der Waals surface area contributed by atoms with Gasteiger partial charge in [-0.15, -0.1) is 0 Å². The molecule has 0 radical (unpaired) electrons. The Morgan fingerprint density at radius 1 is 1.18 bits per heavy atom. The van der Waals surface area contributed by atoms with E-state index >= 15 is 0 Å². The quantitative estimate of drug-likeness (QED) is 0.618. The minimum Gasteiger partial charge on any atom is -0.303 e. The van der Waals surface area contributed by atoms with E-state index in [1.54, 1.807) is 0 Å². The van der Waals surface area contributed by atoms with E-state index in [1.807, 2.05) is 0 Å². The van der Waals surface area contributed by atoms with Gasteiger partial charge in [0.2, 0.25) is 0 Å². The Hall–Kier alpha value is -1.11. The zero-order valence-electron chi connectivity index (χ0n) is 14.8. The maximum Gasteiger partial charge on any atom is 0.120 e. The van der Waals surface area contributed by atoms with Crippen LogP contribution in [-0.4, -0.2) is 6.29 Å². The number of hydrogen-bond donors (Lipinski definition) is 0. The second-order valence-electron chi connectivity index (χ2n) is 8.15. The third-order valence-electron chi connectivity index (χ3n) is 5.51. The van der Waals surface area contributed by atoms with E-state index in [1.165, 1.54) is 36.8 Å². The number of rotatable bonds is 5. The molecule has 1 aromatic carbocycles. The second-order valence-corrected chi connectivity index (χ2v) is 8.15. The van der Waals surface area contributed by atoms with Crippen LogP contribution in [0.5, 0.6) is 0 Å². The largest absolute Gasteiger partial charge is 0.303 e. The smallest absolute Gasteiger partial charge is 0.120 e. The lowest BCUT2D eigenvalue weighted by Crippen LogP contribution is -2.33. The summed E-state index contributed by atoms with van der Waals surface area (Å²) in [5, 5.41) is 0. The van der Waals surface area contributed by atoms with Crippen LogP contribution in [0.4, 0.5) is 0 Å². The fraction of sp³-hybridized carbons (Fsp3) is 0.667. The molecule has 0 spiro atoms. The van der Waals surface area contributed by atoms with Crippen LogP contribution in [0.2, 0.25) is 0 Å². The molecule has 1 nitrogen and oxygen atoms in total. The number of aryl methyl sites for hydroxylation is 1. The van der Waals surface area contributed by atoms with Crippen molar-refractivity contribution in [1.29, 1.82) is 0 Å². The molecule has 122 valence electrons. The first-order valence-corrected chi connectivity index (χ1v) is 8.94. The van der Waals surface area contributed by atoms with E-state index in [-0.39, 0.29) is 5.41 Å². The molecule has 1 saturated carbocycles. The lowest BCUT2D eigenvalue weighted by Gasteiger charge is -2.44. The molecule has 3 unspecified atom stereocenters. The van der Waals surface area contributed by atoms with Crippen molar-refractivity contribution in [3.05, 3.63) is 35.4 Å². The van der Waals surface area contributed by atoms with Crippen molar-refractivity contribution < 1.29 is 4.79 Å². The Labute approximate surface area is 136 Å². The molecule has 1 aromatic rings. The summed E-state index contributed by atoms with van der Waals surface area (Å²) in [7, 11) is 0. The van der Waals surface area contributed by atoms with Crippen molar-refractivity contribution in [2.24, 2.45) is 17.3 Å². The molecule has 22 heavy (non-hydrogen) atoms. The minimum atomic E-state index is 0.257. The van der Waals surface area contributed by atoms with E-state index in [0.717, 1.165) is 25.0 Å². The maximum atomic E-state index is 10.8. The van der Waals surface area contributed by atoms with E-state index in [4.69, 9.17) is 0 Å². The molecule has 0 aliphatic heterocycles. The number of hydrogen-bond acceptors (Lipinski definition) is 1. The van der Waals surface area contributed by atoms with Gasteiger partial charge in [0.1, 0.15) is 6.29 Å². The van der Waals surface area contributed by atoms with Crippen LogP contribution in [0.1, 0.15) is 76.3 Å². The van der Waals surface area contributed by atoms with Crippen LogP contribution in [0, 0.1) is 24.2 Å². The van der Waals surface area contributed by atoms with E-state index in [9.17, 15) is 4.79 Å². The van der Waals surface area contributed by atoms with Crippen LogP contribution in [-0.2, 0) is 4.79 Å². The molecular formula is C21H32O. The first kappa shape index (κ1) is 17.2. The van der Waals surface area contributed by atoms with Crippen molar-refractivity contribution in [1.82, 2.24) is 0 Å². The first-order chi connectivity index (χ1) is 10.4. The number of carbonyl (C=O) groups is 1. The first-order valence-electron chi connectivity index (χ1n) is 8.94. The maximum absolute atomic E-state index is 10.8. The summed E-state index contributed by atoms with van der Waals surface area (Å²) < 4.78 is 0. The van der Waals surface area contributed by atoms with Gasteiger partial charge < -0.3 is 4.79 Å². The summed E-state index contributed by atoms with van der Waals surface area (Å²) in [6.07, 6.45) is 8.21. The van der Waals surface area contributed by atoms with Crippen LogP contribution >= 0.6 is 0 Å². The van der Waals surface area contributed by atoms with E-state index < -0.39 is 0 Å². The summed E-state index contributed by atoms with van der Waals surface area (Å²) in [5.74, 6) is 2.02. The van der Waals surface area contributed by atoms with Gasteiger partial charge in [0.15, 0.2) is 0 Å². The van der Waals surface area contributed by atoms with Gasteiger partial charge in [-0.25, -0.2) is 0 Å². The highest BCUT2D eigenvalue weighted by atomic mass is 16.1. The predicted molar refractivity (Wildman–Crippen MR) is 94.1 cm³/mol. The minimum absolute atomic E-state index is 0.257. The van der Waals surface area contributed by atoms with Crippen molar-refractivity contribution in [2.75, 3.05) is 0 Å². The topological polar surface area (TPSA) is 17.1 Å². The molecule has 1 heteroatoms. The second kappa shape index (κ2) is 7.44. The Morgan fingerprint density at radius 3 is 2.50 bits per heavy atom. The molecule has 1 aliphatic carbocycles. The molecule has 0 saturated heterocycles. The molecule has 3 atom stereocenters. The Kier molecular flexibility index (Phi) is 5.83. The molecular weight excluding hydrogens is 268 g/mol. The number of carbonyl (C=O) groups excluding carboxylic acids is 1. The highest BCUT2D eigenvalue weighted by Crippen LogP contribution is 2.50. The Bertz CT molecular complexity index is 483. The van der Waals surface area contributed by atoms with Gasteiger partial charge in [-0.1, -0.05) is 64.3 Å². The van der Waals surface area contributed by atoms with Crippen LogP contribution < -0.4 is 0 Å². The standard InChI is InChI=1S/C21H32O/c1-16-10-5-7-13-18(16)20(21(2,3)4)19-14-8-6-11-17(19)12-9-15-22/h5,7,10,13,15,17,19-20H,6,8-9,11-12,14H2,1-4H3. The van der Waals surface area contributed by atoms with Gasteiger partial charge in [0.25, 0.3) is 0 Å². The number of benzene rings is 1. The predicted octanol–water partition coefficient (Wildman–Crippen LogP) is 5.91.